The van der Waals surface area contributed by atoms with Gasteiger partial charge in [-0.05, 0) is 11.6 Å². The van der Waals surface area contributed by atoms with Crippen LogP contribution in [0.4, 0.5) is 0 Å². The largest absolute Gasteiger partial charge is 0.481 e. The molecule has 1 aliphatic rings. The number of benzene rings is 1. The van der Waals surface area contributed by atoms with Crippen molar-refractivity contribution in [3.05, 3.63) is 36.0 Å². The Morgan fingerprint density at radius 2 is 2.22 bits per heavy atom. The molecular weight excluding hydrogens is 230 g/mol. The highest BCUT2D eigenvalue weighted by Crippen LogP contribution is 2.31. The molecule has 1 saturated heterocycles. The molecule has 1 aromatic carbocycles. The lowest BCUT2D eigenvalue weighted by Gasteiger charge is -2.13. The number of hydrogen-bond acceptors (Lipinski definition) is 3. The van der Waals surface area contributed by atoms with Gasteiger partial charge >= 0.3 is 5.97 Å². The third-order valence-electron chi connectivity index (χ3n) is 3.56. The standard InChI is InChI=1S/C13H15N3O2/c1-16-7-10(8-4-2-3-5-11(8)16)12-9(13(17)18)6-14-15-12/h2-5,7,9,12,14-15H,6H2,1H3,(H,17,18). The van der Waals surface area contributed by atoms with Gasteiger partial charge in [-0.15, -0.1) is 0 Å². The topological polar surface area (TPSA) is 66.3 Å². The molecule has 0 spiro atoms. The molecule has 0 bridgehead atoms. The van der Waals surface area contributed by atoms with Gasteiger partial charge in [-0.3, -0.25) is 10.2 Å². The first-order chi connectivity index (χ1) is 8.68. The number of carboxylic acids is 1. The highest BCUT2D eigenvalue weighted by atomic mass is 16.4. The molecule has 2 atom stereocenters. The van der Waals surface area contributed by atoms with Gasteiger partial charge in [-0.1, -0.05) is 18.2 Å². The van der Waals surface area contributed by atoms with E-state index in [1.807, 2.05) is 42.1 Å². The second-order valence-corrected chi connectivity index (χ2v) is 4.66. The molecule has 2 unspecified atom stereocenters. The maximum Gasteiger partial charge on any atom is 0.309 e. The zero-order valence-corrected chi connectivity index (χ0v) is 10.1. The minimum atomic E-state index is -0.773. The number of nitrogens with zero attached hydrogens (tertiary/aromatic N) is 1. The molecule has 5 nitrogen and oxygen atoms in total. The van der Waals surface area contributed by atoms with Crippen LogP contribution in [0.15, 0.2) is 30.5 Å². The van der Waals surface area contributed by atoms with Crippen molar-refractivity contribution in [2.24, 2.45) is 13.0 Å². The van der Waals surface area contributed by atoms with Crippen LogP contribution in [0.5, 0.6) is 0 Å². The Bertz CT molecular complexity index is 605. The van der Waals surface area contributed by atoms with E-state index in [4.69, 9.17) is 0 Å². The summed E-state index contributed by atoms with van der Waals surface area (Å²) in [7, 11) is 1.98. The second kappa shape index (κ2) is 4.12. The third kappa shape index (κ3) is 1.60. The lowest BCUT2D eigenvalue weighted by atomic mass is 9.95. The summed E-state index contributed by atoms with van der Waals surface area (Å²) in [5.41, 5.74) is 8.15. The van der Waals surface area contributed by atoms with Crippen LogP contribution in [-0.4, -0.2) is 22.2 Å². The molecule has 3 N–H and O–H groups in total. The van der Waals surface area contributed by atoms with Crippen LogP contribution in [0, 0.1) is 5.92 Å². The highest BCUT2D eigenvalue weighted by molar-refractivity contribution is 5.85. The Labute approximate surface area is 104 Å². The Kier molecular flexibility index (Phi) is 2.57. The molecule has 0 aliphatic carbocycles. The number of hydrazine groups is 1. The van der Waals surface area contributed by atoms with Crippen molar-refractivity contribution in [2.75, 3.05) is 6.54 Å². The summed E-state index contributed by atoms with van der Waals surface area (Å²) in [6.07, 6.45) is 2.01. The molecule has 1 aromatic heterocycles. The van der Waals surface area contributed by atoms with Gasteiger partial charge in [-0.25, -0.2) is 5.43 Å². The van der Waals surface area contributed by atoms with Crippen LogP contribution in [0.3, 0.4) is 0 Å². The summed E-state index contributed by atoms with van der Waals surface area (Å²) in [5.74, 6) is -1.21. The summed E-state index contributed by atoms with van der Waals surface area (Å²) in [5, 5.41) is 10.3. The van der Waals surface area contributed by atoms with E-state index in [0.29, 0.717) is 6.54 Å². The van der Waals surface area contributed by atoms with Crippen LogP contribution < -0.4 is 10.9 Å². The Balaban J connectivity index is 2.12. The maximum absolute atomic E-state index is 11.2. The molecule has 0 amide bonds. The predicted molar refractivity (Wildman–Crippen MR) is 67.9 cm³/mol. The first kappa shape index (κ1) is 11.3. The van der Waals surface area contributed by atoms with Crippen LogP contribution in [0.1, 0.15) is 11.6 Å². The molecule has 1 aliphatic heterocycles. The Morgan fingerprint density at radius 1 is 1.44 bits per heavy atom. The number of fused-ring (bicyclic) bond motifs is 1. The highest BCUT2D eigenvalue weighted by Gasteiger charge is 2.35. The normalized spacial score (nSPS) is 23.6. The number of hydrogen-bond donors (Lipinski definition) is 3. The van der Waals surface area contributed by atoms with Gasteiger partial charge in [0.25, 0.3) is 0 Å². The number of aromatic nitrogens is 1. The van der Waals surface area contributed by atoms with Crippen molar-refractivity contribution < 1.29 is 9.90 Å². The van der Waals surface area contributed by atoms with E-state index < -0.39 is 11.9 Å². The second-order valence-electron chi connectivity index (χ2n) is 4.66. The molecule has 18 heavy (non-hydrogen) atoms. The monoisotopic (exact) mass is 245 g/mol. The van der Waals surface area contributed by atoms with Crippen molar-refractivity contribution in [1.82, 2.24) is 15.4 Å². The average molecular weight is 245 g/mol. The van der Waals surface area contributed by atoms with Gasteiger partial charge < -0.3 is 9.67 Å². The van der Waals surface area contributed by atoms with Gasteiger partial charge in [0.1, 0.15) is 0 Å². The van der Waals surface area contributed by atoms with E-state index in [1.165, 1.54) is 0 Å². The summed E-state index contributed by atoms with van der Waals surface area (Å²) in [4.78, 5) is 11.2. The fraction of sp³-hybridized carbons (Fsp3) is 0.308. The molecule has 0 saturated carbocycles. The van der Waals surface area contributed by atoms with Crippen molar-refractivity contribution in [1.29, 1.82) is 0 Å². The van der Waals surface area contributed by atoms with Crippen LogP contribution >= 0.6 is 0 Å². The van der Waals surface area contributed by atoms with E-state index in [1.54, 1.807) is 0 Å². The SMILES string of the molecule is Cn1cc(C2NNCC2C(=O)O)c2ccccc21. The van der Waals surface area contributed by atoms with Gasteiger partial charge in [0.2, 0.25) is 0 Å². The summed E-state index contributed by atoms with van der Waals surface area (Å²) >= 11 is 0. The van der Waals surface area contributed by atoms with Crippen molar-refractivity contribution in [3.8, 4) is 0 Å². The van der Waals surface area contributed by atoms with Gasteiger partial charge in [-0.2, -0.15) is 0 Å². The number of carbonyl (C=O) groups is 1. The fourth-order valence-electron chi connectivity index (χ4n) is 2.64. The Hall–Kier alpha value is -1.85. The summed E-state index contributed by atoms with van der Waals surface area (Å²) < 4.78 is 2.03. The van der Waals surface area contributed by atoms with Gasteiger partial charge in [0, 0.05) is 30.7 Å². The lowest BCUT2D eigenvalue weighted by molar-refractivity contribution is -0.141. The first-order valence-electron chi connectivity index (χ1n) is 5.93. The van der Waals surface area contributed by atoms with E-state index in [-0.39, 0.29) is 6.04 Å². The molecule has 0 radical (unpaired) electrons. The number of nitrogens with one attached hydrogen (secondary N) is 2. The van der Waals surface area contributed by atoms with Crippen molar-refractivity contribution in [3.63, 3.8) is 0 Å². The van der Waals surface area contributed by atoms with Crippen LogP contribution in [0.25, 0.3) is 10.9 Å². The zero-order valence-electron chi connectivity index (χ0n) is 10.1. The van der Waals surface area contributed by atoms with E-state index >= 15 is 0 Å². The van der Waals surface area contributed by atoms with Gasteiger partial charge in [0.05, 0.1) is 12.0 Å². The molecule has 2 aromatic rings. The van der Waals surface area contributed by atoms with E-state index in [2.05, 4.69) is 10.9 Å². The fourth-order valence-corrected chi connectivity index (χ4v) is 2.64. The smallest absolute Gasteiger partial charge is 0.309 e. The van der Waals surface area contributed by atoms with Crippen LogP contribution in [-0.2, 0) is 11.8 Å². The predicted octanol–water partition coefficient (Wildman–Crippen LogP) is 1.03. The van der Waals surface area contributed by atoms with Crippen molar-refractivity contribution >= 4 is 16.9 Å². The molecule has 3 rings (SSSR count). The van der Waals surface area contributed by atoms with E-state index in [0.717, 1.165) is 16.5 Å². The lowest BCUT2D eigenvalue weighted by Crippen LogP contribution is -2.26. The van der Waals surface area contributed by atoms with Crippen LogP contribution in [0.2, 0.25) is 0 Å². The zero-order chi connectivity index (χ0) is 12.7. The summed E-state index contributed by atoms with van der Waals surface area (Å²) in [6.45, 7) is 0.448. The van der Waals surface area contributed by atoms with E-state index in [9.17, 15) is 9.90 Å². The quantitative estimate of drug-likeness (QED) is 0.739. The molecule has 1 fully saturated rings. The molecule has 2 heterocycles. The third-order valence-corrected chi connectivity index (χ3v) is 3.56. The average Bonchev–Trinajstić information content (AvgIpc) is 2.95. The summed E-state index contributed by atoms with van der Waals surface area (Å²) in [6, 6.07) is 7.85. The number of rotatable bonds is 2. The number of aryl methyl sites for hydroxylation is 1. The Morgan fingerprint density at radius 3 is 3.00 bits per heavy atom. The molecular formula is C13H15N3O2. The van der Waals surface area contributed by atoms with Gasteiger partial charge in [0.15, 0.2) is 0 Å². The number of aliphatic carboxylic acids is 1. The number of carboxylic acid groups (broad SMARTS) is 1. The number of para-hydroxylation sites is 1. The first-order valence-corrected chi connectivity index (χ1v) is 5.93. The maximum atomic E-state index is 11.2. The minimum Gasteiger partial charge on any atom is -0.481 e. The minimum absolute atomic E-state index is 0.186. The molecule has 5 heteroatoms. The van der Waals surface area contributed by atoms with Crippen molar-refractivity contribution in [2.45, 2.75) is 6.04 Å². The molecule has 94 valence electrons.